The molecule has 0 atom stereocenters. The van der Waals surface area contributed by atoms with Crippen molar-refractivity contribution >= 4 is 24.5 Å². The first-order valence-corrected chi connectivity index (χ1v) is 5.04. The molecular formula is C12H8O8. The van der Waals surface area contributed by atoms with Crippen LogP contribution in [0.4, 0.5) is 0 Å². The zero-order valence-electron chi connectivity index (χ0n) is 9.81. The highest BCUT2D eigenvalue weighted by molar-refractivity contribution is 5.86. The second-order valence-corrected chi connectivity index (χ2v) is 3.25. The average Bonchev–Trinajstić information content (AvgIpc) is 3.08. The Hall–Kier alpha value is -3.16. The topological polar surface area (TPSA) is 135 Å². The molecule has 2 rings (SSSR count). The van der Waals surface area contributed by atoms with Crippen LogP contribution in [0.25, 0.3) is 0 Å². The smallest absolute Gasteiger partial charge is 0.371 e. The highest BCUT2D eigenvalue weighted by Crippen LogP contribution is 2.05. The van der Waals surface area contributed by atoms with Crippen LogP contribution < -0.4 is 0 Å². The Morgan fingerprint density at radius 3 is 1.30 bits per heavy atom. The molecule has 20 heavy (non-hydrogen) atoms. The highest BCUT2D eigenvalue weighted by Gasteiger charge is 2.07. The molecule has 0 radical (unpaired) electrons. The average molecular weight is 280 g/mol. The maximum absolute atomic E-state index is 10.1. The van der Waals surface area contributed by atoms with Crippen LogP contribution in [0.3, 0.4) is 0 Å². The van der Waals surface area contributed by atoms with Gasteiger partial charge < -0.3 is 19.0 Å². The van der Waals surface area contributed by atoms with Crippen molar-refractivity contribution in [3.8, 4) is 0 Å². The summed E-state index contributed by atoms with van der Waals surface area (Å²) in [5.41, 5.74) is 0. The van der Waals surface area contributed by atoms with Gasteiger partial charge in [-0.3, -0.25) is 9.59 Å². The molecule has 8 heteroatoms. The molecule has 0 fully saturated rings. The first-order chi connectivity index (χ1) is 9.47. The minimum absolute atomic E-state index is 0.0254. The first kappa shape index (κ1) is 14.9. The van der Waals surface area contributed by atoms with Crippen molar-refractivity contribution in [1.82, 2.24) is 0 Å². The van der Waals surface area contributed by atoms with Crippen molar-refractivity contribution in [1.29, 1.82) is 0 Å². The Bertz CT molecular complexity index is 577. The highest BCUT2D eigenvalue weighted by atomic mass is 16.4. The molecule has 0 unspecified atom stereocenters. The van der Waals surface area contributed by atoms with E-state index in [1.54, 1.807) is 0 Å². The van der Waals surface area contributed by atoms with Gasteiger partial charge in [-0.15, -0.1) is 0 Å². The number of hydrogen-bond acceptors (Lipinski definition) is 6. The van der Waals surface area contributed by atoms with Crippen LogP contribution in [0.1, 0.15) is 42.2 Å². The fourth-order valence-electron chi connectivity index (χ4n) is 1.06. The second kappa shape index (κ2) is 6.69. The molecule has 0 aromatic carbocycles. The quantitative estimate of drug-likeness (QED) is 0.805. The van der Waals surface area contributed by atoms with E-state index >= 15 is 0 Å². The summed E-state index contributed by atoms with van der Waals surface area (Å²) in [4.78, 5) is 40.2. The van der Waals surface area contributed by atoms with Gasteiger partial charge in [-0.1, -0.05) is 0 Å². The summed E-state index contributed by atoms with van der Waals surface area (Å²) >= 11 is 0. The molecule has 2 aromatic heterocycles. The third kappa shape index (κ3) is 3.95. The number of rotatable bonds is 4. The molecule has 0 saturated carbocycles. The molecule has 8 nitrogen and oxygen atoms in total. The first-order valence-electron chi connectivity index (χ1n) is 5.04. The largest absolute Gasteiger partial charge is 0.475 e. The number of carboxylic acids is 2. The van der Waals surface area contributed by atoms with E-state index in [0.717, 1.165) is 0 Å². The summed E-state index contributed by atoms with van der Waals surface area (Å²) in [5, 5.41) is 16.6. The van der Waals surface area contributed by atoms with Crippen molar-refractivity contribution in [3.63, 3.8) is 0 Å². The van der Waals surface area contributed by atoms with Gasteiger partial charge in [-0.05, 0) is 24.3 Å². The van der Waals surface area contributed by atoms with Crippen LogP contribution >= 0.6 is 0 Å². The van der Waals surface area contributed by atoms with E-state index in [4.69, 9.17) is 10.2 Å². The van der Waals surface area contributed by atoms with Gasteiger partial charge in [0.25, 0.3) is 0 Å². The van der Waals surface area contributed by atoms with E-state index in [1.807, 2.05) is 0 Å². The Morgan fingerprint density at radius 2 is 1.15 bits per heavy atom. The van der Waals surface area contributed by atoms with E-state index < -0.39 is 11.9 Å². The third-order valence-electron chi connectivity index (χ3n) is 1.91. The van der Waals surface area contributed by atoms with Crippen LogP contribution in [0, 0.1) is 0 Å². The summed E-state index contributed by atoms with van der Waals surface area (Å²) in [6.07, 6.45) is 0.902. The molecule has 0 saturated heterocycles. The maximum atomic E-state index is 10.1. The van der Waals surface area contributed by atoms with E-state index in [9.17, 15) is 19.2 Å². The maximum Gasteiger partial charge on any atom is 0.371 e. The molecule has 2 heterocycles. The summed E-state index contributed by atoms with van der Waals surface area (Å²) in [5.74, 6) is -2.74. The van der Waals surface area contributed by atoms with E-state index in [2.05, 4.69) is 8.83 Å². The molecule has 2 aromatic rings. The Kier molecular flexibility index (Phi) is 4.98. The fourth-order valence-corrected chi connectivity index (χ4v) is 1.06. The summed E-state index contributed by atoms with van der Waals surface area (Å²) in [6.45, 7) is 0. The van der Waals surface area contributed by atoms with E-state index in [0.29, 0.717) is 12.6 Å². The third-order valence-corrected chi connectivity index (χ3v) is 1.91. The number of furan rings is 2. The molecule has 0 aliphatic carbocycles. The van der Waals surface area contributed by atoms with Crippen molar-refractivity contribution < 1.29 is 38.2 Å². The van der Waals surface area contributed by atoms with Gasteiger partial charge in [0.1, 0.15) is 0 Å². The van der Waals surface area contributed by atoms with Crippen LogP contribution in [0.15, 0.2) is 33.1 Å². The van der Waals surface area contributed by atoms with Crippen LogP contribution in [-0.2, 0) is 0 Å². The zero-order chi connectivity index (χ0) is 15.1. The van der Waals surface area contributed by atoms with Crippen LogP contribution in [-0.4, -0.2) is 34.7 Å². The lowest BCUT2D eigenvalue weighted by atomic mass is 10.4. The summed E-state index contributed by atoms with van der Waals surface area (Å²) in [6, 6.07) is 5.06. The number of carboxylic acid groups (broad SMARTS) is 2. The molecule has 0 amide bonds. The van der Waals surface area contributed by atoms with Gasteiger partial charge in [-0.25, -0.2) is 9.59 Å². The molecule has 2 N–H and O–H groups in total. The summed E-state index contributed by atoms with van der Waals surface area (Å²) < 4.78 is 9.05. The molecule has 0 aliphatic heterocycles. The standard InChI is InChI=1S/2C6H4O4/c2*7-3-4-1-2-5(10-4)6(8)9/h2*1-3H,(H,8,9). The molecule has 0 bridgehead atoms. The predicted octanol–water partition coefficient (Wildman–Crippen LogP) is 1.58. The van der Waals surface area contributed by atoms with Crippen LogP contribution in [0.2, 0.25) is 0 Å². The van der Waals surface area contributed by atoms with Gasteiger partial charge >= 0.3 is 11.9 Å². The van der Waals surface area contributed by atoms with Gasteiger partial charge in [0, 0.05) is 0 Å². The predicted molar refractivity (Wildman–Crippen MR) is 62.1 cm³/mol. The van der Waals surface area contributed by atoms with E-state index in [1.165, 1.54) is 24.3 Å². The van der Waals surface area contributed by atoms with E-state index in [-0.39, 0.29) is 23.0 Å². The molecule has 0 aliphatic rings. The lowest BCUT2D eigenvalue weighted by Gasteiger charge is -1.81. The Balaban J connectivity index is 0.000000200. The van der Waals surface area contributed by atoms with Crippen molar-refractivity contribution in [2.75, 3.05) is 0 Å². The lowest BCUT2D eigenvalue weighted by Crippen LogP contribution is -1.91. The molecule has 0 spiro atoms. The number of carbonyl (C=O) groups is 4. The Morgan fingerprint density at radius 1 is 0.800 bits per heavy atom. The van der Waals surface area contributed by atoms with Crippen molar-refractivity contribution in [2.24, 2.45) is 0 Å². The lowest BCUT2D eigenvalue weighted by molar-refractivity contribution is 0.0650. The normalized spacial score (nSPS) is 9.20. The van der Waals surface area contributed by atoms with Gasteiger partial charge in [0.2, 0.25) is 11.5 Å². The fraction of sp³-hybridized carbons (Fsp3) is 0. The molecule has 104 valence electrons. The monoisotopic (exact) mass is 280 g/mol. The number of aldehydes is 2. The number of aromatic carboxylic acids is 2. The minimum atomic E-state index is -1.17. The van der Waals surface area contributed by atoms with Gasteiger partial charge in [-0.2, -0.15) is 0 Å². The van der Waals surface area contributed by atoms with Crippen molar-refractivity contribution in [2.45, 2.75) is 0 Å². The SMILES string of the molecule is O=Cc1ccc(C(=O)O)o1.O=Cc1ccc(C(=O)O)o1. The van der Waals surface area contributed by atoms with Crippen molar-refractivity contribution in [3.05, 3.63) is 47.3 Å². The molecular weight excluding hydrogens is 272 g/mol. The van der Waals surface area contributed by atoms with Gasteiger partial charge in [0.15, 0.2) is 24.1 Å². The van der Waals surface area contributed by atoms with Gasteiger partial charge in [0.05, 0.1) is 0 Å². The minimum Gasteiger partial charge on any atom is -0.475 e. The zero-order valence-corrected chi connectivity index (χ0v) is 9.81. The number of hydrogen-bond donors (Lipinski definition) is 2. The Labute approximate surface area is 111 Å². The van der Waals surface area contributed by atoms with Crippen LogP contribution in [0.5, 0.6) is 0 Å². The second-order valence-electron chi connectivity index (χ2n) is 3.25. The summed E-state index contributed by atoms with van der Waals surface area (Å²) in [7, 11) is 0. The number of carbonyl (C=O) groups excluding carboxylic acids is 2.